The van der Waals surface area contributed by atoms with Crippen LogP contribution in [0.5, 0.6) is 11.5 Å². The van der Waals surface area contributed by atoms with Gasteiger partial charge < -0.3 is 25.2 Å². The summed E-state index contributed by atoms with van der Waals surface area (Å²) < 4.78 is 5.11. The summed E-state index contributed by atoms with van der Waals surface area (Å²) in [6, 6.07) is 4.88. The molecule has 1 aliphatic carbocycles. The predicted molar refractivity (Wildman–Crippen MR) is 109 cm³/mol. The molecule has 2 unspecified atom stereocenters. The van der Waals surface area contributed by atoms with Gasteiger partial charge in [0.25, 0.3) is 0 Å². The largest absolute Gasteiger partial charge is 0.504 e. The molecule has 0 spiro atoms. The molecule has 7 nitrogen and oxygen atoms in total. The van der Waals surface area contributed by atoms with Crippen molar-refractivity contribution in [1.29, 1.82) is 0 Å². The number of nitrogens with one attached hydrogen (secondary N) is 1. The molecule has 1 aromatic rings. The molecule has 1 saturated heterocycles. The smallest absolute Gasteiger partial charge is 0.407 e. The van der Waals surface area contributed by atoms with Crippen LogP contribution in [0.25, 0.3) is 0 Å². The number of ether oxygens (including phenoxy) is 1. The maximum atomic E-state index is 12.8. The molecule has 2 atom stereocenters. The maximum Gasteiger partial charge on any atom is 0.407 e. The van der Waals surface area contributed by atoms with E-state index in [4.69, 9.17) is 4.74 Å². The van der Waals surface area contributed by atoms with Crippen LogP contribution in [-0.4, -0.2) is 46.8 Å². The molecular weight excluding hydrogens is 372 g/mol. The average Bonchev–Trinajstić information content (AvgIpc) is 2.73. The molecular formula is C22H32N2O5. The molecule has 2 fully saturated rings. The molecule has 1 aromatic carbocycles. The first-order valence-corrected chi connectivity index (χ1v) is 10.5. The molecule has 1 saturated carbocycles. The summed E-state index contributed by atoms with van der Waals surface area (Å²) in [7, 11) is 1.49. The number of hydrogen-bond acceptors (Lipinski definition) is 4. The highest BCUT2D eigenvalue weighted by atomic mass is 16.5. The second kappa shape index (κ2) is 8.93. The fraction of sp³-hybridized carbons (Fsp3) is 0.636. The summed E-state index contributed by atoms with van der Waals surface area (Å²) in [6.07, 6.45) is 5.73. The Labute approximate surface area is 172 Å². The van der Waals surface area contributed by atoms with E-state index in [9.17, 15) is 19.8 Å². The van der Waals surface area contributed by atoms with Crippen LogP contribution in [0.15, 0.2) is 18.2 Å². The fourth-order valence-corrected chi connectivity index (χ4v) is 4.95. The second-order valence-corrected chi connectivity index (χ2v) is 8.65. The minimum Gasteiger partial charge on any atom is -0.504 e. The van der Waals surface area contributed by atoms with Crippen LogP contribution >= 0.6 is 0 Å². The van der Waals surface area contributed by atoms with Gasteiger partial charge in [-0.3, -0.25) is 4.79 Å². The molecule has 29 heavy (non-hydrogen) atoms. The van der Waals surface area contributed by atoms with Crippen LogP contribution in [0.2, 0.25) is 0 Å². The minimum absolute atomic E-state index is 0.0357. The summed E-state index contributed by atoms with van der Waals surface area (Å²) in [5.74, 6) is 0.212. The Morgan fingerprint density at radius 1 is 1.28 bits per heavy atom. The summed E-state index contributed by atoms with van der Waals surface area (Å²) >= 11 is 0. The summed E-state index contributed by atoms with van der Waals surface area (Å²) in [6.45, 7) is 2.94. The van der Waals surface area contributed by atoms with Gasteiger partial charge in [-0.1, -0.05) is 32.3 Å². The number of methoxy groups -OCH3 is 1. The monoisotopic (exact) mass is 404 g/mol. The van der Waals surface area contributed by atoms with Crippen molar-refractivity contribution in [2.24, 2.45) is 11.3 Å². The van der Waals surface area contributed by atoms with Crippen molar-refractivity contribution < 1.29 is 24.5 Å². The highest BCUT2D eigenvalue weighted by molar-refractivity contribution is 5.79. The van der Waals surface area contributed by atoms with Crippen LogP contribution < -0.4 is 10.1 Å². The lowest BCUT2D eigenvalue weighted by Crippen LogP contribution is -2.55. The van der Waals surface area contributed by atoms with Crippen LogP contribution in [0.3, 0.4) is 0 Å². The molecule has 3 rings (SSSR count). The number of carbonyl (C=O) groups is 2. The third-order valence-electron chi connectivity index (χ3n) is 6.73. The van der Waals surface area contributed by atoms with Crippen LogP contribution in [0.4, 0.5) is 4.79 Å². The predicted octanol–water partition coefficient (Wildman–Crippen LogP) is 3.75. The van der Waals surface area contributed by atoms with Crippen LogP contribution in [-0.2, 0) is 11.3 Å². The van der Waals surface area contributed by atoms with Crippen molar-refractivity contribution in [1.82, 2.24) is 10.2 Å². The van der Waals surface area contributed by atoms with Crippen molar-refractivity contribution in [2.45, 2.75) is 64.5 Å². The standard InChI is InChI=1S/C22H32N2O5/c1-22(9-4-3-5-10-22)19-13-16(8-11-24(19)21(27)28)20(26)23-14-15-6-7-17(25)18(12-15)29-2/h6-7,12,16,19,25H,3-5,8-11,13-14H2,1-2H3,(H,23,26)(H,27,28). The molecule has 0 aromatic heterocycles. The number of amides is 2. The van der Waals surface area contributed by atoms with Gasteiger partial charge in [0.15, 0.2) is 11.5 Å². The third kappa shape index (κ3) is 4.77. The Bertz CT molecular complexity index is 745. The third-order valence-corrected chi connectivity index (χ3v) is 6.73. The van der Waals surface area contributed by atoms with Crippen molar-refractivity contribution in [3.63, 3.8) is 0 Å². The zero-order chi connectivity index (χ0) is 21.0. The van der Waals surface area contributed by atoms with Crippen LogP contribution in [0.1, 0.15) is 57.4 Å². The molecule has 7 heteroatoms. The van der Waals surface area contributed by atoms with Gasteiger partial charge >= 0.3 is 6.09 Å². The van der Waals surface area contributed by atoms with E-state index in [1.807, 2.05) is 0 Å². The molecule has 1 heterocycles. The number of piperidine rings is 1. The average molecular weight is 405 g/mol. The van der Waals surface area contributed by atoms with Crippen molar-refractivity contribution in [3.8, 4) is 11.5 Å². The summed E-state index contributed by atoms with van der Waals surface area (Å²) in [5, 5.41) is 22.4. The zero-order valence-electron chi connectivity index (χ0n) is 17.3. The lowest BCUT2D eigenvalue weighted by atomic mass is 9.66. The highest BCUT2D eigenvalue weighted by Gasteiger charge is 2.45. The summed E-state index contributed by atoms with van der Waals surface area (Å²) in [5.41, 5.74) is 0.784. The quantitative estimate of drug-likeness (QED) is 0.694. The molecule has 0 radical (unpaired) electrons. The van der Waals surface area contributed by atoms with E-state index in [0.717, 1.165) is 31.2 Å². The summed E-state index contributed by atoms with van der Waals surface area (Å²) in [4.78, 5) is 26.2. The van der Waals surface area contributed by atoms with E-state index in [2.05, 4.69) is 12.2 Å². The number of carboxylic acid groups (broad SMARTS) is 1. The first kappa shape index (κ1) is 21.3. The molecule has 1 aliphatic heterocycles. The van der Waals surface area contributed by atoms with Crippen molar-refractivity contribution in [2.75, 3.05) is 13.7 Å². The van der Waals surface area contributed by atoms with Gasteiger partial charge in [-0.05, 0) is 48.8 Å². The van der Waals surface area contributed by atoms with Gasteiger partial charge in [-0.25, -0.2) is 4.79 Å². The maximum absolute atomic E-state index is 12.8. The SMILES string of the molecule is COc1cc(CNC(=O)C2CCN(C(=O)O)C(C3(C)CCCCC3)C2)ccc1O. The van der Waals surface area contributed by atoms with Gasteiger partial charge in [0.1, 0.15) is 0 Å². The lowest BCUT2D eigenvalue weighted by molar-refractivity contribution is -0.128. The highest BCUT2D eigenvalue weighted by Crippen LogP contribution is 2.45. The Balaban J connectivity index is 1.65. The molecule has 160 valence electrons. The molecule has 2 aliphatic rings. The van der Waals surface area contributed by atoms with E-state index in [1.165, 1.54) is 13.5 Å². The zero-order valence-corrected chi connectivity index (χ0v) is 17.3. The van der Waals surface area contributed by atoms with E-state index >= 15 is 0 Å². The first-order valence-electron chi connectivity index (χ1n) is 10.5. The molecule has 2 amide bonds. The normalized spacial score (nSPS) is 24.0. The number of phenols is 1. The first-order chi connectivity index (χ1) is 13.8. The molecule has 3 N–H and O–H groups in total. The van der Waals surface area contributed by atoms with Crippen molar-refractivity contribution in [3.05, 3.63) is 23.8 Å². The van der Waals surface area contributed by atoms with Gasteiger partial charge in [0.2, 0.25) is 5.91 Å². The van der Waals surface area contributed by atoms with Gasteiger partial charge in [-0.15, -0.1) is 0 Å². The second-order valence-electron chi connectivity index (χ2n) is 8.65. The molecule has 0 bridgehead atoms. The van der Waals surface area contributed by atoms with E-state index in [-0.39, 0.29) is 29.0 Å². The number of hydrogen-bond donors (Lipinski definition) is 3. The number of nitrogens with zero attached hydrogens (tertiary/aromatic N) is 1. The van der Waals surface area contributed by atoms with Gasteiger partial charge in [-0.2, -0.15) is 0 Å². The van der Waals surface area contributed by atoms with Gasteiger partial charge in [0.05, 0.1) is 7.11 Å². The van der Waals surface area contributed by atoms with Gasteiger partial charge in [0, 0.05) is 25.0 Å². The topological polar surface area (TPSA) is 99.1 Å². The Morgan fingerprint density at radius 2 is 2.00 bits per heavy atom. The number of likely N-dealkylation sites (tertiary alicyclic amines) is 1. The number of rotatable bonds is 5. The lowest BCUT2D eigenvalue weighted by Gasteiger charge is -2.49. The van der Waals surface area contributed by atoms with Crippen LogP contribution in [0, 0.1) is 11.3 Å². The Morgan fingerprint density at radius 3 is 2.66 bits per heavy atom. The van der Waals surface area contributed by atoms with E-state index < -0.39 is 6.09 Å². The number of aromatic hydroxyl groups is 1. The number of carbonyl (C=O) groups excluding carboxylic acids is 1. The minimum atomic E-state index is -0.878. The Kier molecular flexibility index (Phi) is 6.55. The number of phenolic OH excluding ortho intramolecular Hbond substituents is 1. The van der Waals surface area contributed by atoms with E-state index in [1.54, 1.807) is 23.1 Å². The number of benzene rings is 1. The fourth-order valence-electron chi connectivity index (χ4n) is 4.95. The Hall–Kier alpha value is -2.44. The van der Waals surface area contributed by atoms with E-state index in [0.29, 0.717) is 31.7 Å². The van der Waals surface area contributed by atoms with Crippen molar-refractivity contribution >= 4 is 12.0 Å².